The van der Waals surface area contributed by atoms with Crippen molar-refractivity contribution in [2.45, 2.75) is 13.0 Å². The quantitative estimate of drug-likeness (QED) is 0.541. The normalized spacial score (nSPS) is 10.3. The van der Waals surface area contributed by atoms with Crippen LogP contribution in [0.3, 0.4) is 0 Å². The smallest absolute Gasteiger partial charge is 0.244 e. The molecular weight excluding hydrogens is 370 g/mol. The van der Waals surface area contributed by atoms with E-state index in [0.29, 0.717) is 36.4 Å². The highest BCUT2D eigenvalue weighted by atomic mass is 16.5. The van der Waals surface area contributed by atoms with E-state index in [0.717, 1.165) is 23.3 Å². The van der Waals surface area contributed by atoms with Crippen LogP contribution in [0.4, 0.5) is 11.8 Å². The molecule has 0 amide bonds. The second-order valence-electron chi connectivity index (χ2n) is 6.20. The highest BCUT2D eigenvalue weighted by molar-refractivity contribution is 5.44. The molecule has 8 nitrogen and oxygen atoms in total. The predicted octanol–water partition coefficient (Wildman–Crippen LogP) is 3.16. The van der Waals surface area contributed by atoms with Crippen molar-refractivity contribution in [3.8, 4) is 17.2 Å². The summed E-state index contributed by atoms with van der Waals surface area (Å²) in [4.78, 5) is 4.45. The fourth-order valence-corrected chi connectivity index (χ4v) is 2.85. The zero-order valence-electron chi connectivity index (χ0n) is 16.8. The maximum Gasteiger partial charge on any atom is 0.244 e. The Bertz CT molecular complexity index is 936. The second kappa shape index (κ2) is 10.1. The third-order valence-corrected chi connectivity index (χ3v) is 4.36. The molecule has 3 aromatic rings. The van der Waals surface area contributed by atoms with E-state index in [-0.39, 0.29) is 0 Å². The summed E-state index contributed by atoms with van der Waals surface area (Å²) in [7, 11) is 4.91. The van der Waals surface area contributed by atoms with Crippen molar-refractivity contribution in [3.05, 3.63) is 59.8 Å². The number of anilines is 2. The van der Waals surface area contributed by atoms with Gasteiger partial charge in [0.25, 0.3) is 0 Å². The lowest BCUT2D eigenvalue weighted by Gasteiger charge is -2.11. The van der Waals surface area contributed by atoms with E-state index in [4.69, 9.17) is 14.2 Å². The van der Waals surface area contributed by atoms with Gasteiger partial charge in [-0.3, -0.25) is 0 Å². The molecule has 0 spiro atoms. The molecular formula is C21H25N5O3. The summed E-state index contributed by atoms with van der Waals surface area (Å²) >= 11 is 0. The summed E-state index contributed by atoms with van der Waals surface area (Å²) in [5, 5.41) is 14.5. The Hall–Kier alpha value is -3.55. The zero-order chi connectivity index (χ0) is 20.5. The van der Waals surface area contributed by atoms with E-state index in [1.807, 2.05) is 42.5 Å². The van der Waals surface area contributed by atoms with Crippen LogP contribution in [0.2, 0.25) is 0 Å². The maximum absolute atomic E-state index is 5.37. The van der Waals surface area contributed by atoms with Gasteiger partial charge in [0, 0.05) is 18.7 Å². The number of benzene rings is 2. The number of rotatable bonds is 10. The van der Waals surface area contributed by atoms with Gasteiger partial charge >= 0.3 is 0 Å². The summed E-state index contributed by atoms with van der Waals surface area (Å²) < 4.78 is 16.0. The second-order valence-corrected chi connectivity index (χ2v) is 6.20. The first-order valence-corrected chi connectivity index (χ1v) is 9.23. The van der Waals surface area contributed by atoms with Crippen molar-refractivity contribution in [3.63, 3.8) is 0 Å². The minimum atomic E-state index is 0.468. The largest absolute Gasteiger partial charge is 0.496 e. The highest BCUT2D eigenvalue weighted by Gasteiger charge is 2.06. The maximum atomic E-state index is 5.37. The van der Waals surface area contributed by atoms with E-state index in [2.05, 4.69) is 25.8 Å². The van der Waals surface area contributed by atoms with Crippen molar-refractivity contribution in [1.29, 1.82) is 0 Å². The molecule has 29 heavy (non-hydrogen) atoms. The summed E-state index contributed by atoms with van der Waals surface area (Å²) in [6.45, 7) is 1.24. The topological polar surface area (TPSA) is 90.4 Å². The number of para-hydroxylation sites is 1. The van der Waals surface area contributed by atoms with Crippen LogP contribution in [-0.2, 0) is 13.0 Å². The summed E-state index contributed by atoms with van der Waals surface area (Å²) in [5.41, 5.74) is 2.16. The molecule has 0 aliphatic heterocycles. The fraction of sp³-hybridized carbons (Fsp3) is 0.286. The average Bonchev–Trinajstić information content (AvgIpc) is 2.78. The highest BCUT2D eigenvalue weighted by Crippen LogP contribution is 2.27. The van der Waals surface area contributed by atoms with Gasteiger partial charge in [0.2, 0.25) is 5.95 Å². The molecule has 8 heteroatoms. The van der Waals surface area contributed by atoms with Gasteiger partial charge in [0.05, 0.1) is 27.5 Å². The molecule has 3 rings (SSSR count). The van der Waals surface area contributed by atoms with Crippen LogP contribution < -0.4 is 24.8 Å². The van der Waals surface area contributed by atoms with Gasteiger partial charge in [-0.2, -0.15) is 10.1 Å². The van der Waals surface area contributed by atoms with Crippen molar-refractivity contribution in [2.24, 2.45) is 0 Å². The van der Waals surface area contributed by atoms with Gasteiger partial charge in [-0.25, -0.2) is 0 Å². The lowest BCUT2D eigenvalue weighted by atomic mass is 10.1. The monoisotopic (exact) mass is 395 g/mol. The lowest BCUT2D eigenvalue weighted by molar-refractivity contribution is 0.354. The Morgan fingerprint density at radius 1 is 0.862 bits per heavy atom. The third kappa shape index (κ3) is 5.47. The third-order valence-electron chi connectivity index (χ3n) is 4.36. The number of hydrogen-bond acceptors (Lipinski definition) is 8. The number of nitrogens with one attached hydrogen (secondary N) is 2. The van der Waals surface area contributed by atoms with Gasteiger partial charge < -0.3 is 24.8 Å². The average molecular weight is 395 g/mol. The molecule has 0 radical (unpaired) electrons. The number of methoxy groups -OCH3 is 3. The summed E-state index contributed by atoms with van der Waals surface area (Å²) in [6, 6.07) is 13.7. The van der Waals surface area contributed by atoms with E-state index in [9.17, 15) is 0 Å². The van der Waals surface area contributed by atoms with Crippen LogP contribution in [0.1, 0.15) is 11.1 Å². The van der Waals surface area contributed by atoms with E-state index >= 15 is 0 Å². The van der Waals surface area contributed by atoms with Gasteiger partial charge in [-0.05, 0) is 30.2 Å². The van der Waals surface area contributed by atoms with Crippen LogP contribution in [0, 0.1) is 0 Å². The molecule has 1 aromatic heterocycles. The zero-order valence-corrected chi connectivity index (χ0v) is 16.8. The van der Waals surface area contributed by atoms with Crippen LogP contribution in [-0.4, -0.2) is 43.1 Å². The van der Waals surface area contributed by atoms with Crippen molar-refractivity contribution in [2.75, 3.05) is 38.5 Å². The minimum Gasteiger partial charge on any atom is -0.496 e. The van der Waals surface area contributed by atoms with Crippen LogP contribution in [0.5, 0.6) is 17.2 Å². The number of ether oxygens (including phenoxy) is 3. The van der Waals surface area contributed by atoms with Gasteiger partial charge in [0.15, 0.2) is 17.3 Å². The van der Waals surface area contributed by atoms with Crippen molar-refractivity contribution >= 4 is 11.8 Å². The summed E-state index contributed by atoms with van der Waals surface area (Å²) in [5.74, 6) is 3.36. The molecule has 0 atom stereocenters. The molecule has 0 saturated heterocycles. The first-order chi connectivity index (χ1) is 14.2. The van der Waals surface area contributed by atoms with E-state index in [1.54, 1.807) is 27.5 Å². The Labute approximate surface area is 170 Å². The number of aromatic nitrogens is 3. The molecule has 152 valence electrons. The first-order valence-electron chi connectivity index (χ1n) is 9.23. The van der Waals surface area contributed by atoms with E-state index < -0.39 is 0 Å². The summed E-state index contributed by atoms with van der Waals surface area (Å²) in [6.07, 6.45) is 2.37. The van der Waals surface area contributed by atoms with Gasteiger partial charge in [-0.1, -0.05) is 24.3 Å². The number of nitrogens with zero attached hydrogens (tertiary/aromatic N) is 3. The Kier molecular flexibility index (Phi) is 7.05. The molecule has 0 bridgehead atoms. The molecule has 2 aromatic carbocycles. The minimum absolute atomic E-state index is 0.468. The Morgan fingerprint density at radius 2 is 1.66 bits per heavy atom. The predicted molar refractivity (Wildman–Crippen MR) is 112 cm³/mol. The molecule has 0 aliphatic rings. The molecule has 1 heterocycles. The van der Waals surface area contributed by atoms with Gasteiger partial charge in [0.1, 0.15) is 5.75 Å². The first kappa shape index (κ1) is 20.2. The molecule has 2 N–H and O–H groups in total. The van der Waals surface area contributed by atoms with Crippen LogP contribution >= 0.6 is 0 Å². The molecule has 0 unspecified atom stereocenters. The van der Waals surface area contributed by atoms with Crippen LogP contribution in [0.25, 0.3) is 0 Å². The van der Waals surface area contributed by atoms with Crippen LogP contribution in [0.15, 0.2) is 48.7 Å². The van der Waals surface area contributed by atoms with Crippen molar-refractivity contribution < 1.29 is 14.2 Å². The Morgan fingerprint density at radius 3 is 2.45 bits per heavy atom. The SMILES string of the molecule is COc1ccccc1CNc1cnnc(NCCc2ccc(OC)c(OC)c2)n1. The molecule has 0 saturated carbocycles. The molecule has 0 fully saturated rings. The Balaban J connectivity index is 1.55. The standard InChI is InChI=1S/C21H25N5O3/c1-27-17-7-5-4-6-16(17)13-23-20-14-24-26-21(25-20)22-11-10-15-8-9-18(28-2)19(12-15)29-3/h4-9,12,14H,10-11,13H2,1-3H3,(H2,22,23,25,26). The van der Waals surface area contributed by atoms with Gasteiger partial charge in [-0.15, -0.1) is 5.10 Å². The van der Waals surface area contributed by atoms with Crippen molar-refractivity contribution in [1.82, 2.24) is 15.2 Å². The van der Waals surface area contributed by atoms with E-state index in [1.165, 1.54) is 0 Å². The lowest BCUT2D eigenvalue weighted by Crippen LogP contribution is -2.11. The molecule has 0 aliphatic carbocycles. The fourth-order valence-electron chi connectivity index (χ4n) is 2.85. The number of hydrogen-bond donors (Lipinski definition) is 2.